The fraction of sp³-hybridized carbons (Fsp3) is 0.107. The zero-order valence-corrected chi connectivity index (χ0v) is 22.2. The van der Waals surface area contributed by atoms with Crippen LogP contribution in [0.1, 0.15) is 22.8 Å². The second-order valence-corrected chi connectivity index (χ2v) is 9.34. The molecular weight excluding hydrogens is 589 g/mol. The van der Waals surface area contributed by atoms with E-state index in [2.05, 4.69) is 10.2 Å². The number of nitrogens with zero attached hydrogens (tertiary/aromatic N) is 3. The molecule has 208 valence electrons. The molecule has 13 heteroatoms. The second kappa shape index (κ2) is 11.2. The third kappa shape index (κ3) is 5.99. The predicted molar refractivity (Wildman–Crippen MR) is 139 cm³/mol. The molecule has 5 rings (SSSR count). The number of methoxy groups -OCH3 is 1. The van der Waals surface area contributed by atoms with Gasteiger partial charge < -0.3 is 18.3 Å². The van der Waals surface area contributed by atoms with Gasteiger partial charge in [0, 0.05) is 16.1 Å². The normalized spacial score (nSPS) is 11.4. The lowest BCUT2D eigenvalue weighted by molar-refractivity contribution is -0.152. The van der Waals surface area contributed by atoms with Crippen molar-refractivity contribution in [2.24, 2.45) is 0 Å². The van der Waals surface area contributed by atoms with Crippen LogP contribution in [0.4, 0.5) is 17.6 Å². The van der Waals surface area contributed by atoms with Crippen molar-refractivity contribution < 1.29 is 35.9 Å². The highest BCUT2D eigenvalue weighted by Gasteiger charge is 2.40. The molecule has 5 aromatic rings. The van der Waals surface area contributed by atoms with Crippen LogP contribution < -0.4 is 9.47 Å². The molecule has 0 saturated carbocycles. The number of rotatable bonds is 7. The Hall–Kier alpha value is -4.53. The zero-order chi connectivity index (χ0) is 29.3. The van der Waals surface area contributed by atoms with E-state index in [1.54, 1.807) is 12.1 Å². The van der Waals surface area contributed by atoms with Gasteiger partial charge >= 0.3 is 6.18 Å². The molecule has 2 aromatic heterocycles. The molecule has 0 bridgehead atoms. The zero-order valence-electron chi connectivity index (χ0n) is 20.7. The number of benzene rings is 3. The molecule has 0 atom stereocenters. The number of furan rings is 1. The summed E-state index contributed by atoms with van der Waals surface area (Å²) >= 11 is 12.1. The Morgan fingerprint density at radius 1 is 0.951 bits per heavy atom. The van der Waals surface area contributed by atoms with Gasteiger partial charge in [-0.2, -0.15) is 18.4 Å². The van der Waals surface area contributed by atoms with Gasteiger partial charge in [0.25, 0.3) is 5.89 Å². The van der Waals surface area contributed by atoms with E-state index in [9.17, 15) is 13.2 Å². The van der Waals surface area contributed by atoms with Crippen LogP contribution >= 0.6 is 23.2 Å². The molecule has 0 unspecified atom stereocenters. The Labute approximate surface area is 239 Å². The van der Waals surface area contributed by atoms with Gasteiger partial charge in [-0.15, -0.1) is 10.2 Å². The number of nitriles is 1. The third-order valence-electron chi connectivity index (χ3n) is 5.75. The molecule has 41 heavy (non-hydrogen) atoms. The number of halogens is 6. The Kier molecular flexibility index (Phi) is 7.62. The van der Waals surface area contributed by atoms with Crippen LogP contribution in [-0.2, 0) is 12.6 Å². The molecule has 3 aromatic carbocycles. The molecular formula is C28H15Cl2F4N3O4. The van der Waals surface area contributed by atoms with E-state index in [0.717, 1.165) is 6.07 Å². The average molecular weight is 604 g/mol. The number of ether oxygens (including phenoxy) is 2. The summed E-state index contributed by atoms with van der Waals surface area (Å²) in [5.41, 5.74) is 0.0760. The van der Waals surface area contributed by atoms with Crippen LogP contribution in [0.15, 0.2) is 69.5 Å². The van der Waals surface area contributed by atoms with E-state index in [1.165, 1.54) is 49.6 Å². The van der Waals surface area contributed by atoms with E-state index in [0.29, 0.717) is 11.3 Å². The van der Waals surface area contributed by atoms with Crippen molar-refractivity contribution in [2.45, 2.75) is 12.6 Å². The van der Waals surface area contributed by atoms with Gasteiger partial charge in [0.1, 0.15) is 17.3 Å². The van der Waals surface area contributed by atoms with Gasteiger partial charge in [0.2, 0.25) is 11.7 Å². The van der Waals surface area contributed by atoms with E-state index in [1.807, 2.05) is 6.07 Å². The lowest BCUT2D eigenvalue weighted by Crippen LogP contribution is -2.04. The van der Waals surface area contributed by atoms with Gasteiger partial charge in [0.15, 0.2) is 11.6 Å². The Bertz CT molecular complexity index is 1780. The minimum absolute atomic E-state index is 0.00398. The number of aromatic nitrogens is 2. The summed E-state index contributed by atoms with van der Waals surface area (Å²) in [6.45, 7) is 0. The molecule has 0 radical (unpaired) electrons. The quantitative estimate of drug-likeness (QED) is 0.172. The van der Waals surface area contributed by atoms with Crippen molar-refractivity contribution in [1.29, 1.82) is 5.26 Å². The number of alkyl halides is 3. The molecule has 0 aliphatic rings. The van der Waals surface area contributed by atoms with Crippen LogP contribution in [0, 0.1) is 17.1 Å². The summed E-state index contributed by atoms with van der Waals surface area (Å²) in [6, 6.07) is 16.1. The van der Waals surface area contributed by atoms with Crippen molar-refractivity contribution in [3.05, 3.63) is 99.3 Å². The standard InChI is InChI=1S/C28H15Cl2F4N3O4/c1-38-18-5-2-15(3-6-18)22-12-20(26(40-22)28(32,33)34)27-37-36-23(41-27)10-16-4-7-21(30)25(24(16)31)39-19-9-14(13-35)8-17(29)11-19/h2-9,11-12H,10H2,1H3. The van der Waals surface area contributed by atoms with Crippen LogP contribution in [0.5, 0.6) is 17.2 Å². The summed E-state index contributed by atoms with van der Waals surface area (Å²) in [4.78, 5) is 0. The molecule has 7 nitrogen and oxygen atoms in total. The molecule has 0 amide bonds. The first-order valence-corrected chi connectivity index (χ1v) is 12.3. The van der Waals surface area contributed by atoms with Crippen molar-refractivity contribution in [3.63, 3.8) is 0 Å². The molecule has 0 aliphatic heterocycles. The summed E-state index contributed by atoms with van der Waals surface area (Å²) in [6.07, 6.45) is -5.16. The highest BCUT2D eigenvalue weighted by Crippen LogP contribution is 2.42. The van der Waals surface area contributed by atoms with Crippen LogP contribution in [0.25, 0.3) is 22.8 Å². The van der Waals surface area contributed by atoms with Gasteiger partial charge in [0.05, 0.1) is 35.7 Å². The molecule has 0 fully saturated rings. The van der Waals surface area contributed by atoms with Gasteiger partial charge in [-0.25, -0.2) is 4.39 Å². The van der Waals surface area contributed by atoms with Crippen molar-refractivity contribution in [1.82, 2.24) is 10.2 Å². The summed E-state index contributed by atoms with van der Waals surface area (Å²) < 4.78 is 78.1. The lowest BCUT2D eigenvalue weighted by atomic mass is 10.1. The topological polar surface area (TPSA) is 94.3 Å². The average Bonchev–Trinajstić information content (AvgIpc) is 3.60. The van der Waals surface area contributed by atoms with E-state index in [-0.39, 0.29) is 50.7 Å². The maximum Gasteiger partial charge on any atom is 0.450 e. The molecule has 0 aliphatic carbocycles. The SMILES string of the molecule is COc1ccc(-c2cc(-c3nnc(Cc4ccc(Cl)c(Oc5cc(Cl)cc(C#N)c5)c4F)o3)c(C(F)(F)F)o2)cc1. The lowest BCUT2D eigenvalue weighted by Gasteiger charge is -2.11. The van der Waals surface area contributed by atoms with Gasteiger partial charge in [-0.1, -0.05) is 29.3 Å². The summed E-state index contributed by atoms with van der Waals surface area (Å²) in [5, 5.41) is 16.8. The molecule has 0 saturated heterocycles. The monoisotopic (exact) mass is 603 g/mol. The highest BCUT2D eigenvalue weighted by atomic mass is 35.5. The first-order valence-electron chi connectivity index (χ1n) is 11.6. The minimum Gasteiger partial charge on any atom is -0.497 e. The predicted octanol–water partition coefficient (Wildman–Crippen LogP) is 8.72. The smallest absolute Gasteiger partial charge is 0.450 e. The summed E-state index contributed by atoms with van der Waals surface area (Å²) in [7, 11) is 1.46. The van der Waals surface area contributed by atoms with Crippen molar-refractivity contribution in [2.75, 3.05) is 7.11 Å². The molecule has 2 heterocycles. The van der Waals surface area contributed by atoms with Gasteiger partial charge in [-0.05, 0) is 54.6 Å². The van der Waals surface area contributed by atoms with E-state index >= 15 is 4.39 Å². The van der Waals surface area contributed by atoms with E-state index in [4.69, 9.17) is 46.8 Å². The Balaban J connectivity index is 1.44. The van der Waals surface area contributed by atoms with Crippen LogP contribution in [-0.4, -0.2) is 17.3 Å². The fourth-order valence-electron chi connectivity index (χ4n) is 3.86. The molecule has 0 spiro atoms. The van der Waals surface area contributed by atoms with Gasteiger partial charge in [-0.3, -0.25) is 0 Å². The van der Waals surface area contributed by atoms with Crippen LogP contribution in [0.2, 0.25) is 10.0 Å². The van der Waals surface area contributed by atoms with Crippen LogP contribution in [0.3, 0.4) is 0 Å². The first kappa shape index (κ1) is 28.0. The Morgan fingerprint density at radius 3 is 2.39 bits per heavy atom. The second-order valence-electron chi connectivity index (χ2n) is 8.50. The molecule has 0 N–H and O–H groups in total. The largest absolute Gasteiger partial charge is 0.497 e. The fourth-order valence-corrected chi connectivity index (χ4v) is 4.27. The minimum atomic E-state index is -4.87. The first-order chi connectivity index (χ1) is 19.5. The van der Waals surface area contributed by atoms with Crippen molar-refractivity contribution >= 4 is 23.2 Å². The maximum absolute atomic E-state index is 15.4. The Morgan fingerprint density at radius 2 is 1.71 bits per heavy atom. The van der Waals surface area contributed by atoms with E-state index < -0.39 is 29.2 Å². The summed E-state index contributed by atoms with van der Waals surface area (Å²) in [5.74, 6) is -2.71. The number of hydrogen-bond donors (Lipinski definition) is 0. The third-order valence-corrected chi connectivity index (χ3v) is 6.27. The highest BCUT2D eigenvalue weighted by molar-refractivity contribution is 6.32. The number of hydrogen-bond acceptors (Lipinski definition) is 7. The van der Waals surface area contributed by atoms with Crippen molar-refractivity contribution in [3.8, 4) is 46.1 Å². The maximum atomic E-state index is 15.4.